The smallest absolute Gasteiger partial charge is 0.412 e. The minimum Gasteiger partial charge on any atom is -0.474 e. The van der Waals surface area contributed by atoms with Crippen LogP contribution in [0.3, 0.4) is 0 Å². The van der Waals surface area contributed by atoms with Gasteiger partial charge in [0.1, 0.15) is 12.3 Å². The van der Waals surface area contributed by atoms with Crippen LogP contribution in [0.1, 0.15) is 5.56 Å². The number of hydrogen-bond acceptors (Lipinski definition) is 3. The van der Waals surface area contributed by atoms with Crippen molar-refractivity contribution in [1.29, 1.82) is 0 Å². The van der Waals surface area contributed by atoms with Crippen LogP contribution in [0, 0.1) is 6.92 Å². The lowest BCUT2D eigenvalue weighted by molar-refractivity contribution is 0.196. The van der Waals surface area contributed by atoms with E-state index in [1.807, 2.05) is 6.92 Å². The number of carbonyl (C=O) groups is 1. The van der Waals surface area contributed by atoms with Crippen molar-refractivity contribution in [1.82, 2.24) is 4.98 Å². The summed E-state index contributed by atoms with van der Waals surface area (Å²) in [6.07, 6.45) is 0.627. The number of fused-ring (bicyclic) bond motifs is 1. The van der Waals surface area contributed by atoms with E-state index in [1.54, 1.807) is 6.20 Å². The number of pyridine rings is 1. The third-order valence-electron chi connectivity index (χ3n) is 2.27. The largest absolute Gasteiger partial charge is 0.474 e. The summed E-state index contributed by atoms with van der Waals surface area (Å²) >= 11 is 3.31. The predicted octanol–water partition coefficient (Wildman–Crippen LogP) is 2.03. The molecule has 0 bridgehead atoms. The number of amides is 1. The van der Waals surface area contributed by atoms with E-state index in [0.717, 1.165) is 10.0 Å². The molecule has 1 aliphatic heterocycles. The molecule has 1 aliphatic rings. The fourth-order valence-electron chi connectivity index (χ4n) is 1.51. The Morgan fingerprint density at radius 1 is 1.73 bits per heavy atom. The first-order valence-corrected chi connectivity index (χ1v) is 5.19. The summed E-state index contributed by atoms with van der Waals surface area (Å²) < 4.78 is 6.08. The second-order valence-corrected chi connectivity index (χ2v) is 4.02. The molecule has 0 unspecified atom stereocenters. The molecule has 1 N–H and O–H groups in total. The van der Waals surface area contributed by atoms with Crippen LogP contribution >= 0.6 is 15.9 Å². The van der Waals surface area contributed by atoms with Crippen LogP contribution in [0.5, 0.6) is 5.88 Å². The predicted molar refractivity (Wildman–Crippen MR) is 57.5 cm³/mol. The standard InChI is InChI=1S/C9H9BrN2O3/c1-5-6(10)4-11-8-7(5)12(9(13)14)2-3-15-8/h4H,2-3H2,1H3,(H,13,14). The van der Waals surface area contributed by atoms with E-state index >= 15 is 0 Å². The summed E-state index contributed by atoms with van der Waals surface area (Å²) in [7, 11) is 0. The third-order valence-corrected chi connectivity index (χ3v) is 3.07. The third kappa shape index (κ3) is 1.65. The molecule has 15 heavy (non-hydrogen) atoms. The Kier molecular flexibility index (Phi) is 2.52. The molecule has 80 valence electrons. The van der Waals surface area contributed by atoms with Crippen molar-refractivity contribution >= 4 is 27.7 Å². The molecule has 5 nitrogen and oxygen atoms in total. The fraction of sp³-hybridized carbons (Fsp3) is 0.333. The van der Waals surface area contributed by atoms with Gasteiger partial charge in [0.2, 0.25) is 5.88 Å². The molecular formula is C9H9BrN2O3. The molecule has 0 fully saturated rings. The summed E-state index contributed by atoms with van der Waals surface area (Å²) in [5.74, 6) is 0.379. The number of rotatable bonds is 0. The van der Waals surface area contributed by atoms with Crippen molar-refractivity contribution in [3.8, 4) is 5.88 Å². The fourth-order valence-corrected chi connectivity index (χ4v) is 1.80. The molecule has 1 aromatic rings. The van der Waals surface area contributed by atoms with E-state index in [0.29, 0.717) is 24.7 Å². The molecular weight excluding hydrogens is 264 g/mol. The van der Waals surface area contributed by atoms with Gasteiger partial charge < -0.3 is 9.84 Å². The summed E-state index contributed by atoms with van der Waals surface area (Å²) in [4.78, 5) is 16.3. The second-order valence-electron chi connectivity index (χ2n) is 3.17. The highest BCUT2D eigenvalue weighted by Gasteiger charge is 2.26. The molecule has 0 saturated heterocycles. The van der Waals surface area contributed by atoms with Crippen molar-refractivity contribution < 1.29 is 14.6 Å². The van der Waals surface area contributed by atoms with E-state index in [1.165, 1.54) is 4.90 Å². The minimum atomic E-state index is -0.984. The SMILES string of the molecule is Cc1c(Br)cnc2c1N(C(=O)O)CCO2. The van der Waals surface area contributed by atoms with E-state index in [2.05, 4.69) is 20.9 Å². The van der Waals surface area contributed by atoms with E-state index in [-0.39, 0.29) is 0 Å². The van der Waals surface area contributed by atoms with Crippen molar-refractivity contribution in [3.63, 3.8) is 0 Å². The maximum Gasteiger partial charge on any atom is 0.412 e. The number of carboxylic acid groups (broad SMARTS) is 1. The first-order chi connectivity index (χ1) is 7.11. The summed E-state index contributed by atoms with van der Waals surface area (Å²) in [5, 5.41) is 9.03. The highest BCUT2D eigenvalue weighted by Crippen LogP contribution is 2.36. The van der Waals surface area contributed by atoms with Crippen LogP contribution in [0.25, 0.3) is 0 Å². The Morgan fingerprint density at radius 3 is 3.13 bits per heavy atom. The quantitative estimate of drug-likeness (QED) is 0.785. The summed E-state index contributed by atoms with van der Waals surface area (Å²) in [6, 6.07) is 0. The monoisotopic (exact) mass is 272 g/mol. The molecule has 2 heterocycles. The molecule has 0 radical (unpaired) electrons. The van der Waals surface area contributed by atoms with Gasteiger partial charge in [-0.2, -0.15) is 0 Å². The minimum absolute atomic E-state index is 0.335. The zero-order chi connectivity index (χ0) is 11.0. The van der Waals surface area contributed by atoms with Gasteiger partial charge in [-0.15, -0.1) is 0 Å². The van der Waals surface area contributed by atoms with Crippen LogP contribution in [0.4, 0.5) is 10.5 Å². The second kappa shape index (κ2) is 3.69. The Hall–Kier alpha value is -1.30. The highest BCUT2D eigenvalue weighted by molar-refractivity contribution is 9.10. The van der Waals surface area contributed by atoms with Gasteiger partial charge in [-0.25, -0.2) is 9.78 Å². The lowest BCUT2D eigenvalue weighted by Gasteiger charge is -2.27. The molecule has 1 aromatic heterocycles. The van der Waals surface area contributed by atoms with Crippen LogP contribution in [0.2, 0.25) is 0 Å². The molecule has 0 aromatic carbocycles. The first kappa shape index (κ1) is 10.2. The maximum atomic E-state index is 11.0. The number of ether oxygens (including phenoxy) is 1. The number of hydrogen-bond donors (Lipinski definition) is 1. The lowest BCUT2D eigenvalue weighted by Crippen LogP contribution is -2.37. The molecule has 0 saturated carbocycles. The zero-order valence-corrected chi connectivity index (χ0v) is 9.61. The van der Waals surface area contributed by atoms with E-state index in [4.69, 9.17) is 9.84 Å². The Bertz CT molecular complexity index is 422. The van der Waals surface area contributed by atoms with Crippen molar-refractivity contribution in [2.24, 2.45) is 0 Å². The Balaban J connectivity index is 2.58. The first-order valence-electron chi connectivity index (χ1n) is 4.39. The summed E-state index contributed by atoms with van der Waals surface area (Å²) in [6.45, 7) is 2.50. The number of halogens is 1. The molecule has 1 amide bonds. The lowest BCUT2D eigenvalue weighted by atomic mass is 10.2. The number of nitrogens with zero attached hydrogens (tertiary/aromatic N) is 2. The Morgan fingerprint density at radius 2 is 2.47 bits per heavy atom. The van der Waals surface area contributed by atoms with Gasteiger partial charge in [-0.1, -0.05) is 0 Å². The van der Waals surface area contributed by atoms with Gasteiger partial charge in [0.15, 0.2) is 0 Å². The van der Waals surface area contributed by atoms with Gasteiger partial charge in [0.25, 0.3) is 0 Å². The topological polar surface area (TPSA) is 62.7 Å². The summed E-state index contributed by atoms with van der Waals surface area (Å²) in [5.41, 5.74) is 1.35. The maximum absolute atomic E-state index is 11.0. The van der Waals surface area contributed by atoms with Gasteiger partial charge in [-0.05, 0) is 28.4 Å². The average molecular weight is 273 g/mol. The van der Waals surface area contributed by atoms with Gasteiger partial charge >= 0.3 is 6.09 Å². The average Bonchev–Trinajstić information content (AvgIpc) is 2.23. The van der Waals surface area contributed by atoms with E-state index in [9.17, 15) is 4.79 Å². The number of aromatic nitrogens is 1. The van der Waals surface area contributed by atoms with Gasteiger partial charge in [0.05, 0.1) is 6.54 Å². The Labute approximate surface area is 94.8 Å². The molecule has 2 rings (SSSR count). The van der Waals surface area contributed by atoms with Crippen molar-refractivity contribution in [2.45, 2.75) is 6.92 Å². The van der Waals surface area contributed by atoms with E-state index < -0.39 is 6.09 Å². The zero-order valence-electron chi connectivity index (χ0n) is 8.03. The van der Waals surface area contributed by atoms with Crippen LogP contribution in [0.15, 0.2) is 10.7 Å². The van der Waals surface area contributed by atoms with Crippen LogP contribution in [-0.4, -0.2) is 29.3 Å². The van der Waals surface area contributed by atoms with Gasteiger partial charge in [0, 0.05) is 10.7 Å². The normalized spacial score (nSPS) is 14.4. The van der Waals surface area contributed by atoms with Gasteiger partial charge in [-0.3, -0.25) is 4.90 Å². The van der Waals surface area contributed by atoms with Crippen molar-refractivity contribution in [2.75, 3.05) is 18.1 Å². The molecule has 0 aliphatic carbocycles. The molecule has 6 heteroatoms. The number of anilines is 1. The van der Waals surface area contributed by atoms with Crippen LogP contribution < -0.4 is 9.64 Å². The van der Waals surface area contributed by atoms with Crippen molar-refractivity contribution in [3.05, 3.63) is 16.2 Å². The highest BCUT2D eigenvalue weighted by atomic mass is 79.9. The molecule has 0 spiro atoms. The molecule has 0 atom stereocenters. The van der Waals surface area contributed by atoms with Crippen LogP contribution in [-0.2, 0) is 0 Å².